The molecule has 4 nitrogen and oxygen atoms in total. The third kappa shape index (κ3) is 4.89. The largest absolute Gasteiger partial charge is 0.492 e. The van der Waals surface area contributed by atoms with Crippen molar-refractivity contribution in [1.29, 1.82) is 0 Å². The van der Waals surface area contributed by atoms with Crippen molar-refractivity contribution in [3.05, 3.63) is 44.8 Å². The van der Waals surface area contributed by atoms with E-state index in [-0.39, 0.29) is 5.91 Å². The number of rotatable bonds is 6. The lowest BCUT2D eigenvalue weighted by atomic mass is 9.93. The zero-order valence-electron chi connectivity index (χ0n) is 17.5. The van der Waals surface area contributed by atoms with Crippen molar-refractivity contribution in [3.63, 3.8) is 0 Å². The fraction of sp³-hybridized carbons (Fsp3) is 0.500. The first-order chi connectivity index (χ1) is 14.7. The molecule has 0 bridgehead atoms. The molecule has 2 aliphatic rings. The first-order valence-electron chi connectivity index (χ1n) is 11.1. The summed E-state index contributed by atoms with van der Waals surface area (Å²) in [6.45, 7) is 2.51. The van der Waals surface area contributed by atoms with Crippen molar-refractivity contribution in [2.75, 3.05) is 6.61 Å². The second-order valence-corrected chi connectivity index (χ2v) is 9.57. The first kappa shape index (κ1) is 21.4. The van der Waals surface area contributed by atoms with Crippen LogP contribution in [0.1, 0.15) is 78.2 Å². The summed E-state index contributed by atoms with van der Waals surface area (Å²) in [5, 5.41) is 4.69. The number of nitrogens with zero attached hydrogens (tertiary/aromatic N) is 1. The maximum atomic E-state index is 13.2. The number of hydrogen-bond donors (Lipinski definition) is 1. The average molecular weight is 445 g/mol. The minimum absolute atomic E-state index is 0.0539. The molecule has 160 valence electrons. The standard InChI is InChI=1S/C24H29ClN2O2S/c1-2-29-20-13-12-16(14-19(20)25)15-26-24-22(18-10-6-7-11-21(18)30-24)23(28)27-17-8-4-3-5-9-17/h12-15,17H,2-11H2,1H3,(H,27,28). The van der Waals surface area contributed by atoms with Gasteiger partial charge in [0, 0.05) is 17.1 Å². The molecule has 1 fully saturated rings. The summed E-state index contributed by atoms with van der Waals surface area (Å²) >= 11 is 7.99. The molecule has 1 aromatic heterocycles. The van der Waals surface area contributed by atoms with Crippen molar-refractivity contribution >= 4 is 40.1 Å². The Balaban J connectivity index is 1.59. The molecular weight excluding hydrogens is 416 g/mol. The van der Waals surface area contributed by atoms with Crippen LogP contribution in [-0.4, -0.2) is 24.8 Å². The van der Waals surface area contributed by atoms with Gasteiger partial charge in [-0.25, -0.2) is 4.99 Å². The number of aliphatic imine (C=N–C) groups is 1. The van der Waals surface area contributed by atoms with Crippen LogP contribution >= 0.6 is 22.9 Å². The monoisotopic (exact) mass is 444 g/mol. The van der Waals surface area contributed by atoms with Crippen LogP contribution in [0.5, 0.6) is 5.75 Å². The lowest BCUT2D eigenvalue weighted by Crippen LogP contribution is -2.36. The maximum absolute atomic E-state index is 13.2. The Morgan fingerprint density at radius 3 is 2.80 bits per heavy atom. The van der Waals surface area contributed by atoms with E-state index in [0.29, 0.717) is 23.4 Å². The van der Waals surface area contributed by atoms with Crippen LogP contribution in [0.2, 0.25) is 5.02 Å². The van der Waals surface area contributed by atoms with Gasteiger partial charge in [0.2, 0.25) is 0 Å². The number of carbonyl (C=O) groups is 1. The van der Waals surface area contributed by atoms with Crippen molar-refractivity contribution < 1.29 is 9.53 Å². The normalized spacial score (nSPS) is 17.1. The van der Waals surface area contributed by atoms with Crippen molar-refractivity contribution in [2.45, 2.75) is 70.8 Å². The molecule has 1 aromatic carbocycles. The minimum atomic E-state index is 0.0539. The molecule has 0 saturated heterocycles. The van der Waals surface area contributed by atoms with Gasteiger partial charge in [-0.3, -0.25) is 4.79 Å². The summed E-state index contributed by atoms with van der Waals surface area (Å²) in [5.74, 6) is 0.730. The number of benzene rings is 1. The summed E-state index contributed by atoms with van der Waals surface area (Å²) in [7, 11) is 0. The highest BCUT2D eigenvalue weighted by atomic mass is 35.5. The summed E-state index contributed by atoms with van der Waals surface area (Å²) < 4.78 is 5.50. The van der Waals surface area contributed by atoms with Gasteiger partial charge in [-0.2, -0.15) is 0 Å². The highest BCUT2D eigenvalue weighted by molar-refractivity contribution is 7.16. The Bertz CT molecular complexity index is 932. The average Bonchev–Trinajstić information content (AvgIpc) is 3.13. The number of halogens is 1. The van der Waals surface area contributed by atoms with E-state index in [1.54, 1.807) is 17.6 Å². The van der Waals surface area contributed by atoms with Gasteiger partial charge in [0.05, 0.1) is 17.2 Å². The topological polar surface area (TPSA) is 50.7 Å². The van der Waals surface area contributed by atoms with Gasteiger partial charge in [0.25, 0.3) is 5.91 Å². The SMILES string of the molecule is CCOc1ccc(C=Nc2sc3c(c2C(=O)NC2CCCCC2)CCCC3)cc1Cl. The summed E-state index contributed by atoms with van der Waals surface area (Å²) in [6.07, 6.45) is 12.0. The number of ether oxygens (including phenoxy) is 1. The molecule has 4 rings (SSSR count). The molecule has 1 saturated carbocycles. The Morgan fingerprint density at radius 1 is 1.23 bits per heavy atom. The molecule has 0 atom stereocenters. The quantitative estimate of drug-likeness (QED) is 0.517. The number of fused-ring (bicyclic) bond motifs is 1. The van der Waals surface area contributed by atoms with E-state index in [9.17, 15) is 4.79 Å². The molecule has 1 amide bonds. The molecule has 0 radical (unpaired) electrons. The van der Waals surface area contributed by atoms with Gasteiger partial charge >= 0.3 is 0 Å². The number of carbonyl (C=O) groups excluding carboxylic acids is 1. The van der Waals surface area contributed by atoms with E-state index in [1.807, 2.05) is 25.1 Å². The number of thiophene rings is 1. The van der Waals surface area contributed by atoms with Crippen LogP contribution < -0.4 is 10.1 Å². The van der Waals surface area contributed by atoms with Crippen LogP contribution in [0, 0.1) is 0 Å². The third-order valence-corrected chi connectivity index (χ3v) is 7.40. The molecule has 0 aliphatic heterocycles. The van der Waals surface area contributed by atoms with Gasteiger partial charge in [-0.15, -0.1) is 11.3 Å². The van der Waals surface area contributed by atoms with E-state index in [4.69, 9.17) is 21.3 Å². The molecule has 1 heterocycles. The van der Waals surface area contributed by atoms with Crippen molar-refractivity contribution in [3.8, 4) is 5.75 Å². The number of aryl methyl sites for hydroxylation is 1. The Morgan fingerprint density at radius 2 is 2.03 bits per heavy atom. The predicted octanol–water partition coefficient (Wildman–Crippen LogP) is 6.49. The summed E-state index contributed by atoms with van der Waals surface area (Å²) in [6, 6.07) is 5.96. The molecule has 6 heteroatoms. The van der Waals surface area contributed by atoms with Gasteiger partial charge in [-0.05, 0) is 74.8 Å². The summed E-state index contributed by atoms with van der Waals surface area (Å²) in [4.78, 5) is 19.3. The van der Waals surface area contributed by atoms with Crippen LogP contribution in [0.15, 0.2) is 23.2 Å². The van der Waals surface area contributed by atoms with Crippen molar-refractivity contribution in [2.24, 2.45) is 4.99 Å². The van der Waals surface area contributed by atoms with E-state index in [0.717, 1.165) is 48.2 Å². The highest BCUT2D eigenvalue weighted by Crippen LogP contribution is 2.40. The fourth-order valence-corrected chi connectivity index (χ4v) is 5.86. The van der Waals surface area contributed by atoms with Gasteiger partial charge < -0.3 is 10.1 Å². The maximum Gasteiger partial charge on any atom is 0.254 e. The Labute approximate surface area is 187 Å². The zero-order chi connectivity index (χ0) is 20.9. The molecule has 1 N–H and O–H groups in total. The van der Waals surface area contributed by atoms with Crippen LogP contribution in [-0.2, 0) is 12.8 Å². The number of hydrogen-bond acceptors (Lipinski definition) is 4. The first-order valence-corrected chi connectivity index (χ1v) is 12.3. The molecular formula is C24H29ClN2O2S. The van der Waals surface area contributed by atoms with E-state index < -0.39 is 0 Å². The molecule has 30 heavy (non-hydrogen) atoms. The third-order valence-electron chi connectivity index (χ3n) is 5.91. The number of nitrogens with one attached hydrogen (secondary N) is 1. The molecule has 2 aliphatic carbocycles. The fourth-order valence-electron chi connectivity index (χ4n) is 4.38. The molecule has 0 spiro atoms. The van der Waals surface area contributed by atoms with Gasteiger partial charge in [0.15, 0.2) is 0 Å². The minimum Gasteiger partial charge on any atom is -0.492 e. The van der Waals surface area contributed by atoms with Gasteiger partial charge in [0.1, 0.15) is 10.8 Å². The molecule has 0 unspecified atom stereocenters. The van der Waals surface area contributed by atoms with E-state index in [2.05, 4.69) is 5.32 Å². The second kappa shape index (κ2) is 9.97. The number of amides is 1. The smallest absolute Gasteiger partial charge is 0.254 e. The van der Waals surface area contributed by atoms with Crippen molar-refractivity contribution in [1.82, 2.24) is 5.32 Å². The zero-order valence-corrected chi connectivity index (χ0v) is 19.1. The second-order valence-electron chi connectivity index (χ2n) is 8.08. The molecule has 2 aromatic rings. The van der Waals surface area contributed by atoms with Crippen LogP contribution in [0.25, 0.3) is 0 Å². The van der Waals surface area contributed by atoms with Gasteiger partial charge in [-0.1, -0.05) is 30.9 Å². The van der Waals surface area contributed by atoms with E-state index in [1.165, 1.54) is 36.1 Å². The summed E-state index contributed by atoms with van der Waals surface area (Å²) in [5.41, 5.74) is 2.92. The Hall–Kier alpha value is -1.85. The lowest BCUT2D eigenvalue weighted by Gasteiger charge is -2.23. The lowest BCUT2D eigenvalue weighted by molar-refractivity contribution is 0.0927. The van der Waals surface area contributed by atoms with Crippen LogP contribution in [0.3, 0.4) is 0 Å². The van der Waals surface area contributed by atoms with E-state index >= 15 is 0 Å². The van der Waals surface area contributed by atoms with Crippen LogP contribution in [0.4, 0.5) is 5.00 Å². The Kier molecular flexibility index (Phi) is 7.11. The predicted molar refractivity (Wildman–Crippen MR) is 125 cm³/mol. The highest BCUT2D eigenvalue weighted by Gasteiger charge is 2.27.